The number of carbonyl (C=O) groups is 1. The maximum absolute atomic E-state index is 11.5. The van der Waals surface area contributed by atoms with Crippen molar-refractivity contribution in [1.82, 2.24) is 20.1 Å². The molecule has 0 saturated carbocycles. The number of piperazine rings is 1. The summed E-state index contributed by atoms with van der Waals surface area (Å²) in [6.07, 6.45) is 3.16. The topological polar surface area (TPSA) is 107 Å². The van der Waals surface area contributed by atoms with Gasteiger partial charge in [-0.25, -0.2) is 0 Å². The van der Waals surface area contributed by atoms with Gasteiger partial charge < -0.3 is 19.9 Å². The van der Waals surface area contributed by atoms with Gasteiger partial charge in [-0.3, -0.25) is 9.78 Å². The molecule has 0 bridgehead atoms. The number of anilines is 2. The van der Waals surface area contributed by atoms with E-state index in [4.69, 9.17) is 10.00 Å². The van der Waals surface area contributed by atoms with Crippen LogP contribution in [0.2, 0.25) is 0 Å². The molecule has 1 aromatic carbocycles. The first-order valence-electron chi connectivity index (χ1n) is 10.7. The Hall–Kier alpha value is -4.19. The summed E-state index contributed by atoms with van der Waals surface area (Å²) in [6.45, 7) is 5.74. The quantitative estimate of drug-likeness (QED) is 0.594. The Morgan fingerprint density at radius 3 is 2.52 bits per heavy atom. The van der Waals surface area contributed by atoms with Crippen LogP contribution >= 0.6 is 0 Å². The van der Waals surface area contributed by atoms with Crippen LogP contribution in [0.15, 0.2) is 54.9 Å². The molecule has 0 unspecified atom stereocenters. The van der Waals surface area contributed by atoms with E-state index in [1.807, 2.05) is 11.0 Å². The molecular formula is C24H25N7O2. The number of rotatable bonds is 7. The number of aromatic nitrogens is 3. The van der Waals surface area contributed by atoms with Crippen LogP contribution in [0.1, 0.15) is 23.6 Å². The van der Waals surface area contributed by atoms with Crippen LogP contribution in [0.25, 0.3) is 0 Å². The lowest BCUT2D eigenvalue weighted by atomic mass is 10.1. The van der Waals surface area contributed by atoms with E-state index in [1.54, 1.807) is 25.3 Å². The van der Waals surface area contributed by atoms with Crippen molar-refractivity contribution in [2.24, 2.45) is 0 Å². The SMILES string of the molecule is CC(=O)N1CCN(c2ccc(CNc3ccc(OCc4cncc(C#N)c4)nn3)cc2)CC1. The number of amides is 1. The average Bonchev–Trinajstić information content (AvgIpc) is 2.87. The first kappa shape index (κ1) is 22.0. The van der Waals surface area contributed by atoms with E-state index in [-0.39, 0.29) is 12.5 Å². The van der Waals surface area contributed by atoms with Gasteiger partial charge in [-0.1, -0.05) is 12.1 Å². The number of nitrogens with zero attached hydrogens (tertiary/aromatic N) is 6. The molecule has 168 valence electrons. The van der Waals surface area contributed by atoms with E-state index >= 15 is 0 Å². The van der Waals surface area contributed by atoms with Crippen LogP contribution in [0.4, 0.5) is 11.5 Å². The Bertz CT molecular complexity index is 1120. The lowest BCUT2D eigenvalue weighted by molar-refractivity contribution is -0.129. The third kappa shape index (κ3) is 5.95. The molecule has 1 saturated heterocycles. The van der Waals surface area contributed by atoms with Crippen LogP contribution in [0, 0.1) is 11.3 Å². The summed E-state index contributed by atoms with van der Waals surface area (Å²) in [4.78, 5) is 19.7. The fourth-order valence-electron chi connectivity index (χ4n) is 3.57. The van der Waals surface area contributed by atoms with Crippen molar-refractivity contribution in [3.63, 3.8) is 0 Å². The number of hydrogen-bond donors (Lipinski definition) is 1. The number of ether oxygens (including phenoxy) is 1. The molecule has 9 heteroatoms. The lowest BCUT2D eigenvalue weighted by Crippen LogP contribution is -2.48. The zero-order chi connectivity index (χ0) is 23.0. The minimum atomic E-state index is 0.140. The molecule has 1 N–H and O–H groups in total. The van der Waals surface area contributed by atoms with Crippen molar-refractivity contribution >= 4 is 17.4 Å². The molecular weight excluding hydrogens is 418 g/mol. The van der Waals surface area contributed by atoms with Gasteiger partial charge in [0.15, 0.2) is 0 Å². The predicted molar refractivity (Wildman–Crippen MR) is 124 cm³/mol. The third-order valence-electron chi connectivity index (χ3n) is 5.45. The summed E-state index contributed by atoms with van der Waals surface area (Å²) in [5.74, 6) is 1.19. The fourth-order valence-corrected chi connectivity index (χ4v) is 3.57. The van der Waals surface area contributed by atoms with Crippen LogP contribution in [-0.2, 0) is 17.9 Å². The van der Waals surface area contributed by atoms with Gasteiger partial charge >= 0.3 is 0 Å². The molecule has 0 spiro atoms. The van der Waals surface area contributed by atoms with Crippen LogP contribution in [0.5, 0.6) is 5.88 Å². The molecule has 1 amide bonds. The summed E-state index contributed by atoms with van der Waals surface area (Å²) in [7, 11) is 0. The summed E-state index contributed by atoms with van der Waals surface area (Å²) < 4.78 is 5.62. The maximum atomic E-state index is 11.5. The second kappa shape index (κ2) is 10.4. The highest BCUT2D eigenvalue weighted by Gasteiger charge is 2.18. The zero-order valence-electron chi connectivity index (χ0n) is 18.4. The van der Waals surface area contributed by atoms with Gasteiger partial charge in [-0.2, -0.15) is 5.26 Å². The lowest BCUT2D eigenvalue weighted by Gasteiger charge is -2.35. The molecule has 1 aliphatic heterocycles. The standard InChI is InChI=1S/C24H25N7O2/c1-18(32)30-8-10-31(11-9-30)22-4-2-19(3-5-22)16-27-23-6-7-24(29-28-23)33-17-21-12-20(13-25)14-26-15-21/h2-7,12,14-15H,8-11,16-17H2,1H3,(H,27,28). The highest BCUT2D eigenvalue weighted by molar-refractivity contribution is 5.73. The van der Waals surface area contributed by atoms with Gasteiger partial charge in [0.25, 0.3) is 0 Å². The monoisotopic (exact) mass is 443 g/mol. The van der Waals surface area contributed by atoms with Crippen LogP contribution in [0.3, 0.4) is 0 Å². The van der Waals surface area contributed by atoms with E-state index in [9.17, 15) is 4.79 Å². The van der Waals surface area contributed by atoms with Crippen molar-refractivity contribution in [2.45, 2.75) is 20.1 Å². The van der Waals surface area contributed by atoms with E-state index in [0.29, 0.717) is 23.8 Å². The Morgan fingerprint density at radius 1 is 1.06 bits per heavy atom. The highest BCUT2D eigenvalue weighted by atomic mass is 16.5. The molecule has 4 rings (SSSR count). The summed E-state index contributed by atoms with van der Waals surface area (Å²) in [5.41, 5.74) is 3.58. The summed E-state index contributed by atoms with van der Waals surface area (Å²) >= 11 is 0. The highest BCUT2D eigenvalue weighted by Crippen LogP contribution is 2.18. The minimum Gasteiger partial charge on any atom is -0.472 e. The molecule has 3 heterocycles. The third-order valence-corrected chi connectivity index (χ3v) is 5.45. The summed E-state index contributed by atoms with van der Waals surface area (Å²) in [5, 5.41) is 20.4. The number of carbonyl (C=O) groups excluding carboxylic acids is 1. The fraction of sp³-hybridized carbons (Fsp3) is 0.292. The maximum Gasteiger partial charge on any atom is 0.233 e. The van der Waals surface area contributed by atoms with Crippen molar-refractivity contribution in [3.8, 4) is 11.9 Å². The number of benzene rings is 1. The van der Waals surface area contributed by atoms with Gasteiger partial charge in [0, 0.05) is 69.4 Å². The zero-order valence-corrected chi connectivity index (χ0v) is 18.4. The minimum absolute atomic E-state index is 0.140. The van der Waals surface area contributed by atoms with Crippen LogP contribution < -0.4 is 15.0 Å². The molecule has 33 heavy (non-hydrogen) atoms. The number of hydrogen-bond acceptors (Lipinski definition) is 8. The van der Waals surface area contributed by atoms with Gasteiger partial charge in [0.05, 0.1) is 5.56 Å². The second-order valence-electron chi connectivity index (χ2n) is 7.75. The normalized spacial score (nSPS) is 13.3. The Kier molecular flexibility index (Phi) is 6.95. The molecule has 2 aromatic heterocycles. The molecule has 1 aliphatic rings. The van der Waals surface area contributed by atoms with Crippen molar-refractivity contribution in [3.05, 3.63) is 71.5 Å². The van der Waals surface area contributed by atoms with E-state index in [0.717, 1.165) is 37.3 Å². The van der Waals surface area contributed by atoms with Gasteiger partial charge in [-0.15, -0.1) is 10.2 Å². The predicted octanol–water partition coefficient (Wildman–Crippen LogP) is 2.60. The van der Waals surface area contributed by atoms with Gasteiger partial charge in [-0.05, 0) is 29.8 Å². The summed E-state index contributed by atoms with van der Waals surface area (Å²) in [6, 6.07) is 15.8. The second-order valence-corrected chi connectivity index (χ2v) is 7.75. The van der Waals surface area contributed by atoms with Crippen molar-refractivity contribution in [1.29, 1.82) is 5.26 Å². The number of nitrogens with one attached hydrogen (secondary N) is 1. The van der Waals surface area contributed by atoms with Gasteiger partial charge in [0.1, 0.15) is 18.5 Å². The smallest absolute Gasteiger partial charge is 0.233 e. The van der Waals surface area contributed by atoms with Crippen molar-refractivity contribution in [2.75, 3.05) is 36.4 Å². The Balaban J connectivity index is 1.24. The molecule has 0 aliphatic carbocycles. The van der Waals surface area contributed by atoms with E-state index in [2.05, 4.69) is 55.7 Å². The molecule has 1 fully saturated rings. The molecule has 0 radical (unpaired) electrons. The Labute approximate surface area is 192 Å². The number of nitriles is 1. The Morgan fingerprint density at radius 2 is 1.85 bits per heavy atom. The van der Waals surface area contributed by atoms with Gasteiger partial charge in [0.2, 0.25) is 11.8 Å². The molecule has 3 aromatic rings. The largest absolute Gasteiger partial charge is 0.472 e. The van der Waals surface area contributed by atoms with Crippen LogP contribution in [-0.4, -0.2) is 52.2 Å². The molecule has 0 atom stereocenters. The number of pyridine rings is 1. The van der Waals surface area contributed by atoms with E-state index in [1.165, 1.54) is 11.9 Å². The molecule has 9 nitrogen and oxygen atoms in total. The van der Waals surface area contributed by atoms with E-state index < -0.39 is 0 Å². The first-order valence-corrected chi connectivity index (χ1v) is 10.7. The van der Waals surface area contributed by atoms with Crippen molar-refractivity contribution < 1.29 is 9.53 Å². The first-order chi connectivity index (χ1) is 16.1. The average molecular weight is 444 g/mol.